The molecule has 0 saturated heterocycles. The van der Waals surface area contributed by atoms with Crippen molar-refractivity contribution in [2.45, 2.75) is 6.92 Å². The van der Waals surface area contributed by atoms with E-state index in [1.807, 2.05) is 25.1 Å². The zero-order valence-corrected chi connectivity index (χ0v) is 12.1. The van der Waals surface area contributed by atoms with Gasteiger partial charge >= 0.3 is 5.97 Å². The van der Waals surface area contributed by atoms with E-state index in [-0.39, 0.29) is 5.56 Å². The SMILES string of the molecule is Cc1ccc2nc(Nc3c(N)cccc3C(=O)O)sc2c1. The number of nitrogens with one attached hydrogen (secondary N) is 1. The minimum Gasteiger partial charge on any atom is -0.478 e. The molecule has 0 fully saturated rings. The van der Waals surface area contributed by atoms with Gasteiger partial charge in [0.15, 0.2) is 5.13 Å². The summed E-state index contributed by atoms with van der Waals surface area (Å²) in [6, 6.07) is 10.8. The van der Waals surface area contributed by atoms with Gasteiger partial charge in [0.25, 0.3) is 0 Å². The summed E-state index contributed by atoms with van der Waals surface area (Å²) in [4.78, 5) is 15.7. The summed E-state index contributed by atoms with van der Waals surface area (Å²) in [5, 5.41) is 12.9. The Labute approximate surface area is 125 Å². The number of anilines is 3. The quantitative estimate of drug-likeness (QED) is 0.643. The molecular weight excluding hydrogens is 286 g/mol. The van der Waals surface area contributed by atoms with Gasteiger partial charge in [0, 0.05) is 0 Å². The van der Waals surface area contributed by atoms with Gasteiger partial charge in [-0.2, -0.15) is 0 Å². The molecule has 1 aromatic heterocycles. The standard InChI is InChI=1S/C15H13N3O2S/c1-8-5-6-11-12(7-8)21-15(17-11)18-13-9(14(19)20)3-2-4-10(13)16/h2-7H,16H2,1H3,(H,17,18)(H,19,20). The Morgan fingerprint density at radius 3 is 2.90 bits per heavy atom. The van der Waals surface area contributed by atoms with Crippen LogP contribution in [0.15, 0.2) is 36.4 Å². The van der Waals surface area contributed by atoms with Gasteiger partial charge < -0.3 is 16.2 Å². The number of aryl methyl sites for hydroxylation is 1. The van der Waals surface area contributed by atoms with Crippen molar-refractivity contribution in [3.8, 4) is 0 Å². The predicted molar refractivity (Wildman–Crippen MR) is 85.5 cm³/mol. The van der Waals surface area contributed by atoms with Crippen molar-refractivity contribution >= 4 is 44.0 Å². The molecule has 0 aliphatic rings. The average molecular weight is 299 g/mol. The molecule has 5 nitrogen and oxygen atoms in total. The number of carboxylic acid groups (broad SMARTS) is 1. The number of carboxylic acids is 1. The highest BCUT2D eigenvalue weighted by Crippen LogP contribution is 2.32. The monoisotopic (exact) mass is 299 g/mol. The Morgan fingerprint density at radius 2 is 2.14 bits per heavy atom. The van der Waals surface area contributed by atoms with Crippen molar-refractivity contribution in [2.75, 3.05) is 11.1 Å². The topological polar surface area (TPSA) is 88.2 Å². The lowest BCUT2D eigenvalue weighted by molar-refractivity contribution is 0.0698. The number of benzene rings is 2. The number of fused-ring (bicyclic) bond motifs is 1. The third kappa shape index (κ3) is 2.53. The second kappa shape index (κ2) is 5.06. The molecule has 0 radical (unpaired) electrons. The van der Waals surface area contributed by atoms with Gasteiger partial charge in [0.2, 0.25) is 0 Å². The number of para-hydroxylation sites is 1. The van der Waals surface area contributed by atoms with Gasteiger partial charge in [-0.15, -0.1) is 0 Å². The van der Waals surface area contributed by atoms with E-state index in [9.17, 15) is 9.90 Å². The first-order valence-electron chi connectivity index (χ1n) is 6.30. The minimum absolute atomic E-state index is 0.130. The number of carbonyl (C=O) groups is 1. The molecule has 2 aromatic carbocycles. The molecule has 3 rings (SSSR count). The lowest BCUT2D eigenvalue weighted by Gasteiger charge is -2.09. The molecule has 0 aliphatic carbocycles. The highest BCUT2D eigenvalue weighted by Gasteiger charge is 2.14. The molecule has 106 valence electrons. The number of hydrogen-bond donors (Lipinski definition) is 3. The summed E-state index contributed by atoms with van der Waals surface area (Å²) in [6.45, 7) is 2.02. The third-order valence-electron chi connectivity index (χ3n) is 3.10. The molecule has 0 spiro atoms. The van der Waals surface area contributed by atoms with Crippen LogP contribution in [0.1, 0.15) is 15.9 Å². The number of rotatable bonds is 3. The second-order valence-corrected chi connectivity index (χ2v) is 5.72. The van der Waals surface area contributed by atoms with Crippen molar-refractivity contribution in [3.05, 3.63) is 47.5 Å². The lowest BCUT2D eigenvalue weighted by atomic mass is 10.1. The van der Waals surface area contributed by atoms with E-state index in [2.05, 4.69) is 10.3 Å². The van der Waals surface area contributed by atoms with Crippen molar-refractivity contribution < 1.29 is 9.90 Å². The molecule has 0 amide bonds. The van der Waals surface area contributed by atoms with Crippen LogP contribution < -0.4 is 11.1 Å². The molecule has 0 saturated carbocycles. The number of aromatic nitrogens is 1. The number of nitrogen functional groups attached to an aromatic ring is 1. The molecule has 0 aliphatic heterocycles. The van der Waals surface area contributed by atoms with Crippen LogP contribution in [-0.2, 0) is 0 Å². The zero-order chi connectivity index (χ0) is 15.0. The fourth-order valence-corrected chi connectivity index (χ4v) is 3.05. The second-order valence-electron chi connectivity index (χ2n) is 4.69. The minimum atomic E-state index is -1.03. The van der Waals surface area contributed by atoms with Crippen molar-refractivity contribution in [1.29, 1.82) is 0 Å². The van der Waals surface area contributed by atoms with E-state index in [0.717, 1.165) is 15.8 Å². The molecule has 0 unspecified atom stereocenters. The van der Waals surface area contributed by atoms with Crippen LogP contribution in [0.5, 0.6) is 0 Å². The fourth-order valence-electron chi connectivity index (χ4n) is 2.08. The Kier molecular flexibility index (Phi) is 3.23. The van der Waals surface area contributed by atoms with Crippen LogP contribution in [0.2, 0.25) is 0 Å². The van der Waals surface area contributed by atoms with E-state index in [4.69, 9.17) is 5.73 Å². The van der Waals surface area contributed by atoms with Crippen LogP contribution in [0, 0.1) is 6.92 Å². The zero-order valence-electron chi connectivity index (χ0n) is 11.3. The Hall–Kier alpha value is -2.60. The summed E-state index contributed by atoms with van der Waals surface area (Å²) < 4.78 is 1.05. The normalized spacial score (nSPS) is 10.7. The predicted octanol–water partition coefficient (Wildman–Crippen LogP) is 3.63. The number of nitrogens with zero attached hydrogens (tertiary/aromatic N) is 1. The summed E-state index contributed by atoms with van der Waals surface area (Å²) >= 11 is 1.46. The van der Waals surface area contributed by atoms with Crippen LogP contribution in [-0.4, -0.2) is 16.1 Å². The van der Waals surface area contributed by atoms with Gasteiger partial charge in [-0.3, -0.25) is 0 Å². The summed E-state index contributed by atoms with van der Waals surface area (Å²) in [6.07, 6.45) is 0. The Balaban J connectivity index is 2.04. The highest BCUT2D eigenvalue weighted by molar-refractivity contribution is 7.22. The van der Waals surface area contributed by atoms with Crippen molar-refractivity contribution in [2.24, 2.45) is 0 Å². The first-order valence-corrected chi connectivity index (χ1v) is 7.12. The molecule has 0 atom stereocenters. The summed E-state index contributed by atoms with van der Waals surface area (Å²) in [5.74, 6) is -1.03. The van der Waals surface area contributed by atoms with Crippen molar-refractivity contribution in [3.63, 3.8) is 0 Å². The lowest BCUT2D eigenvalue weighted by Crippen LogP contribution is -2.05. The first kappa shape index (κ1) is 13.4. The van der Waals surface area contributed by atoms with E-state index in [1.165, 1.54) is 17.4 Å². The van der Waals surface area contributed by atoms with Gasteiger partial charge in [0.1, 0.15) is 0 Å². The molecule has 21 heavy (non-hydrogen) atoms. The van der Waals surface area contributed by atoms with Crippen LogP contribution in [0.4, 0.5) is 16.5 Å². The van der Waals surface area contributed by atoms with Gasteiger partial charge in [-0.05, 0) is 36.8 Å². The fraction of sp³-hybridized carbons (Fsp3) is 0.0667. The Morgan fingerprint density at radius 1 is 1.33 bits per heavy atom. The average Bonchev–Trinajstić information content (AvgIpc) is 2.82. The third-order valence-corrected chi connectivity index (χ3v) is 4.04. The highest BCUT2D eigenvalue weighted by atomic mass is 32.1. The first-order chi connectivity index (χ1) is 10.0. The number of aromatic carboxylic acids is 1. The Bertz CT molecular complexity index is 842. The summed E-state index contributed by atoms with van der Waals surface area (Å²) in [7, 11) is 0. The van der Waals surface area contributed by atoms with Crippen LogP contribution in [0.3, 0.4) is 0 Å². The maximum Gasteiger partial charge on any atom is 0.337 e. The number of hydrogen-bond acceptors (Lipinski definition) is 5. The molecule has 4 N–H and O–H groups in total. The van der Waals surface area contributed by atoms with E-state index in [1.54, 1.807) is 12.1 Å². The van der Waals surface area contributed by atoms with Gasteiger partial charge in [-0.25, -0.2) is 9.78 Å². The van der Waals surface area contributed by atoms with Gasteiger partial charge in [0.05, 0.1) is 27.2 Å². The maximum atomic E-state index is 11.3. The van der Waals surface area contributed by atoms with Gasteiger partial charge in [-0.1, -0.05) is 23.5 Å². The molecule has 1 heterocycles. The molecular formula is C15H13N3O2S. The number of thiazole rings is 1. The van der Waals surface area contributed by atoms with Crippen molar-refractivity contribution in [1.82, 2.24) is 4.98 Å². The van der Waals surface area contributed by atoms with Crippen LogP contribution in [0.25, 0.3) is 10.2 Å². The molecule has 6 heteroatoms. The smallest absolute Gasteiger partial charge is 0.337 e. The largest absolute Gasteiger partial charge is 0.478 e. The van der Waals surface area contributed by atoms with E-state index >= 15 is 0 Å². The van der Waals surface area contributed by atoms with E-state index < -0.39 is 5.97 Å². The van der Waals surface area contributed by atoms with E-state index in [0.29, 0.717) is 16.5 Å². The van der Waals surface area contributed by atoms with Crippen LogP contribution >= 0.6 is 11.3 Å². The maximum absolute atomic E-state index is 11.3. The molecule has 0 bridgehead atoms. The molecule has 3 aromatic rings. The summed E-state index contributed by atoms with van der Waals surface area (Å²) in [5.41, 5.74) is 8.79. The number of nitrogens with two attached hydrogens (primary N) is 1.